The normalized spacial score (nSPS) is 25.8. The zero-order valence-corrected chi connectivity index (χ0v) is 17.2. The molecule has 1 aliphatic heterocycles. The van der Waals surface area contributed by atoms with Crippen molar-refractivity contribution in [1.29, 1.82) is 0 Å². The monoisotopic (exact) mass is 446 g/mol. The maximum absolute atomic E-state index is 13.4. The van der Waals surface area contributed by atoms with Crippen LogP contribution in [0.4, 0.5) is 0 Å². The Morgan fingerprint density at radius 3 is 2.50 bits per heavy atom. The van der Waals surface area contributed by atoms with Gasteiger partial charge in [-0.25, -0.2) is 4.79 Å². The van der Waals surface area contributed by atoms with Crippen LogP contribution in [0.1, 0.15) is 15.9 Å². The third-order valence-corrected chi connectivity index (χ3v) is 5.41. The summed E-state index contributed by atoms with van der Waals surface area (Å²) in [5.41, 5.74) is 0.449. The smallest absolute Gasteiger partial charge is 0.338 e. The van der Waals surface area contributed by atoms with Crippen LogP contribution in [0.5, 0.6) is 5.75 Å². The number of benzene rings is 2. The SMILES string of the molecule is COC(=O)c1cccc2oc3cc(C)cc(OC4OC(CO)C(O)C(O)C4O)c3c(=O)c12. The van der Waals surface area contributed by atoms with Crippen molar-refractivity contribution < 1.29 is 43.8 Å². The zero-order chi connectivity index (χ0) is 23.2. The van der Waals surface area contributed by atoms with Gasteiger partial charge in [0.15, 0.2) is 0 Å². The third-order valence-electron chi connectivity index (χ3n) is 5.41. The number of rotatable bonds is 4. The van der Waals surface area contributed by atoms with E-state index >= 15 is 0 Å². The lowest BCUT2D eigenvalue weighted by Gasteiger charge is -2.39. The molecule has 5 atom stereocenters. The predicted molar refractivity (Wildman–Crippen MR) is 110 cm³/mol. The molecule has 10 nitrogen and oxygen atoms in total. The summed E-state index contributed by atoms with van der Waals surface area (Å²) in [6, 6.07) is 7.66. The maximum atomic E-state index is 13.4. The molecule has 2 heterocycles. The number of aliphatic hydroxyl groups excluding tert-OH is 4. The molecule has 0 aliphatic carbocycles. The average molecular weight is 446 g/mol. The lowest BCUT2D eigenvalue weighted by atomic mass is 9.99. The number of hydrogen-bond donors (Lipinski definition) is 4. The molecule has 3 aromatic rings. The van der Waals surface area contributed by atoms with Crippen molar-refractivity contribution in [1.82, 2.24) is 0 Å². The number of esters is 1. The van der Waals surface area contributed by atoms with Crippen molar-refractivity contribution in [3.8, 4) is 5.75 Å². The standard InChI is InChI=1S/C22H22O10/c1-9-6-12-16(18(25)15-10(21(28)29-2)4-3-5-11(15)30-12)13(7-9)31-22-20(27)19(26)17(24)14(8-23)32-22/h3-7,14,17,19-20,22-24,26-27H,8H2,1-2H3. The zero-order valence-electron chi connectivity index (χ0n) is 17.2. The van der Waals surface area contributed by atoms with Crippen molar-refractivity contribution in [2.45, 2.75) is 37.6 Å². The van der Waals surface area contributed by atoms with Gasteiger partial charge in [-0.1, -0.05) is 6.07 Å². The Balaban J connectivity index is 1.89. The van der Waals surface area contributed by atoms with E-state index in [-0.39, 0.29) is 33.3 Å². The first kappa shape index (κ1) is 22.2. The quantitative estimate of drug-likeness (QED) is 0.323. The largest absolute Gasteiger partial charge is 0.465 e. The molecule has 5 unspecified atom stereocenters. The summed E-state index contributed by atoms with van der Waals surface area (Å²) in [6.07, 6.45) is -7.55. The van der Waals surface area contributed by atoms with Gasteiger partial charge >= 0.3 is 5.97 Å². The van der Waals surface area contributed by atoms with Gasteiger partial charge in [-0.3, -0.25) is 4.79 Å². The molecule has 170 valence electrons. The highest BCUT2D eigenvalue weighted by molar-refractivity contribution is 6.06. The molecular formula is C22H22O10. The topological polar surface area (TPSA) is 156 Å². The van der Waals surface area contributed by atoms with E-state index in [1.807, 2.05) is 0 Å². The van der Waals surface area contributed by atoms with E-state index in [1.165, 1.54) is 19.2 Å². The summed E-state index contributed by atoms with van der Waals surface area (Å²) in [4.78, 5) is 25.6. The molecule has 32 heavy (non-hydrogen) atoms. The van der Waals surface area contributed by atoms with Crippen molar-refractivity contribution >= 4 is 27.9 Å². The third kappa shape index (κ3) is 3.61. The molecule has 1 saturated heterocycles. The molecule has 10 heteroatoms. The second-order valence-electron chi connectivity index (χ2n) is 7.55. The van der Waals surface area contributed by atoms with Crippen molar-refractivity contribution in [3.05, 3.63) is 51.7 Å². The first-order valence-electron chi connectivity index (χ1n) is 9.82. The van der Waals surface area contributed by atoms with E-state index in [2.05, 4.69) is 0 Å². The molecule has 0 amide bonds. The first-order chi connectivity index (χ1) is 15.3. The molecule has 0 spiro atoms. The van der Waals surface area contributed by atoms with Crippen LogP contribution in [0.3, 0.4) is 0 Å². The summed E-state index contributed by atoms with van der Waals surface area (Å²) in [5.74, 6) is -0.745. The fraction of sp³-hybridized carbons (Fsp3) is 0.364. The number of hydrogen-bond acceptors (Lipinski definition) is 10. The number of carbonyl (C=O) groups is 1. The van der Waals surface area contributed by atoms with Crippen molar-refractivity contribution in [2.75, 3.05) is 13.7 Å². The Morgan fingerprint density at radius 1 is 1.06 bits per heavy atom. The predicted octanol–water partition coefficient (Wildman–Crippen LogP) is 0.220. The number of aliphatic hydroxyl groups is 4. The molecular weight excluding hydrogens is 424 g/mol. The summed E-state index contributed by atoms with van der Waals surface area (Å²) in [6.45, 7) is 1.10. The number of carbonyl (C=O) groups excluding carboxylic acids is 1. The van der Waals surface area contributed by atoms with Crippen LogP contribution >= 0.6 is 0 Å². The molecule has 1 fully saturated rings. The minimum Gasteiger partial charge on any atom is -0.465 e. The van der Waals surface area contributed by atoms with Gasteiger partial charge in [0.25, 0.3) is 0 Å². The first-order valence-corrected chi connectivity index (χ1v) is 9.82. The summed E-state index contributed by atoms with van der Waals surface area (Å²) < 4.78 is 21.8. The van der Waals surface area contributed by atoms with E-state index in [0.717, 1.165) is 0 Å². The highest BCUT2D eigenvalue weighted by atomic mass is 16.7. The fourth-order valence-corrected chi connectivity index (χ4v) is 3.78. The number of aryl methyl sites for hydroxylation is 1. The molecule has 4 rings (SSSR count). The average Bonchev–Trinajstić information content (AvgIpc) is 2.78. The molecule has 1 aliphatic rings. The highest BCUT2D eigenvalue weighted by Crippen LogP contribution is 2.32. The summed E-state index contributed by atoms with van der Waals surface area (Å²) >= 11 is 0. The van der Waals surface area contributed by atoms with E-state index in [1.54, 1.807) is 25.1 Å². The van der Waals surface area contributed by atoms with Gasteiger partial charge in [0.2, 0.25) is 11.7 Å². The number of fused-ring (bicyclic) bond motifs is 2. The van der Waals surface area contributed by atoms with Gasteiger partial charge in [-0.2, -0.15) is 0 Å². The van der Waals surface area contributed by atoms with Gasteiger partial charge < -0.3 is 39.1 Å². The summed E-state index contributed by atoms with van der Waals surface area (Å²) in [7, 11) is 1.20. The van der Waals surface area contributed by atoms with Crippen molar-refractivity contribution in [3.63, 3.8) is 0 Å². The van der Waals surface area contributed by atoms with Crippen LogP contribution in [0.25, 0.3) is 21.9 Å². The Morgan fingerprint density at radius 2 is 1.81 bits per heavy atom. The number of methoxy groups -OCH3 is 1. The van der Waals surface area contributed by atoms with Crippen LogP contribution in [0.2, 0.25) is 0 Å². The molecule has 0 saturated carbocycles. The van der Waals surface area contributed by atoms with E-state index in [4.69, 9.17) is 18.6 Å². The van der Waals surface area contributed by atoms with Crippen LogP contribution in [-0.4, -0.2) is 70.8 Å². The Hall–Kier alpha value is -3.02. The van der Waals surface area contributed by atoms with E-state index in [0.29, 0.717) is 5.56 Å². The minimum atomic E-state index is -1.67. The lowest BCUT2D eigenvalue weighted by Crippen LogP contribution is -2.60. The van der Waals surface area contributed by atoms with Gasteiger partial charge in [-0.15, -0.1) is 0 Å². The molecule has 4 N–H and O–H groups in total. The Kier molecular flexibility index (Phi) is 5.89. The van der Waals surface area contributed by atoms with Crippen LogP contribution in [0.15, 0.2) is 39.5 Å². The van der Waals surface area contributed by atoms with Crippen LogP contribution in [0, 0.1) is 6.92 Å². The maximum Gasteiger partial charge on any atom is 0.338 e. The van der Waals surface area contributed by atoms with E-state index < -0.39 is 48.7 Å². The second-order valence-corrected chi connectivity index (χ2v) is 7.55. The highest BCUT2D eigenvalue weighted by Gasteiger charge is 2.45. The van der Waals surface area contributed by atoms with Gasteiger partial charge in [-0.05, 0) is 36.8 Å². The van der Waals surface area contributed by atoms with E-state index in [9.17, 15) is 30.0 Å². The lowest BCUT2D eigenvalue weighted by molar-refractivity contribution is -0.277. The molecule has 0 radical (unpaired) electrons. The van der Waals surface area contributed by atoms with Crippen molar-refractivity contribution in [2.24, 2.45) is 0 Å². The minimum absolute atomic E-state index is 0.00523. The summed E-state index contributed by atoms with van der Waals surface area (Å²) in [5, 5.41) is 39.7. The molecule has 0 bridgehead atoms. The number of ether oxygens (including phenoxy) is 3. The van der Waals surface area contributed by atoms with Gasteiger partial charge in [0, 0.05) is 0 Å². The second kappa shape index (κ2) is 8.49. The van der Waals surface area contributed by atoms with Crippen LogP contribution < -0.4 is 10.2 Å². The van der Waals surface area contributed by atoms with Gasteiger partial charge in [0.1, 0.15) is 46.7 Å². The van der Waals surface area contributed by atoms with Gasteiger partial charge in [0.05, 0.1) is 24.7 Å². The fourth-order valence-electron chi connectivity index (χ4n) is 3.78. The molecule has 2 aromatic carbocycles. The Labute approximate surface area is 181 Å². The molecule has 1 aromatic heterocycles. The Bertz CT molecular complexity index is 1230. The van der Waals surface area contributed by atoms with Crippen LogP contribution in [-0.2, 0) is 9.47 Å².